The molecule has 0 aliphatic carbocycles. The van der Waals surface area contributed by atoms with E-state index < -0.39 is 0 Å². The van der Waals surface area contributed by atoms with Gasteiger partial charge in [0.15, 0.2) is 5.11 Å². The average Bonchev–Trinajstić information content (AvgIpc) is 2.84. The molecule has 1 saturated heterocycles. The topological polar surface area (TPSA) is 45.5 Å². The number of nitrogens with one attached hydrogen (secondary N) is 1. The minimum Gasteiger partial charge on any atom is -0.465 e. The van der Waals surface area contributed by atoms with Crippen LogP contribution in [0.25, 0.3) is 6.08 Å². The number of carbonyl (C=O) groups is 1. The van der Waals surface area contributed by atoms with Crippen LogP contribution < -0.4 is 5.32 Å². The Bertz CT molecular complexity index is 437. The number of hydrogen-bond acceptors (Lipinski definition) is 3. The highest BCUT2D eigenvalue weighted by atomic mass is 32.1. The molecule has 4 nitrogen and oxygen atoms in total. The molecule has 2 rings (SSSR count). The average molecular weight is 236 g/mol. The van der Waals surface area contributed by atoms with E-state index in [0.29, 0.717) is 23.1 Å². The molecule has 1 aliphatic rings. The molecule has 1 amide bonds. The van der Waals surface area contributed by atoms with Gasteiger partial charge in [0.2, 0.25) is 0 Å². The first-order chi connectivity index (χ1) is 7.72. The van der Waals surface area contributed by atoms with E-state index in [9.17, 15) is 4.79 Å². The Hall–Kier alpha value is -1.62. The zero-order valence-electron chi connectivity index (χ0n) is 8.90. The number of thiocarbonyl (C=S) groups is 1. The summed E-state index contributed by atoms with van der Waals surface area (Å²) in [6, 6.07) is 3.56. The van der Waals surface area contributed by atoms with Gasteiger partial charge in [-0.25, -0.2) is 0 Å². The third-order valence-corrected chi connectivity index (χ3v) is 2.56. The molecule has 0 saturated carbocycles. The van der Waals surface area contributed by atoms with Crippen molar-refractivity contribution in [1.29, 1.82) is 0 Å². The summed E-state index contributed by atoms with van der Waals surface area (Å²) < 4.78 is 5.14. The van der Waals surface area contributed by atoms with Crippen molar-refractivity contribution in [2.75, 3.05) is 6.54 Å². The van der Waals surface area contributed by atoms with Crippen molar-refractivity contribution in [3.8, 4) is 0 Å². The Kier molecular flexibility index (Phi) is 3.05. The van der Waals surface area contributed by atoms with Crippen LogP contribution in [0.3, 0.4) is 0 Å². The van der Waals surface area contributed by atoms with Crippen LogP contribution in [0.1, 0.15) is 19.1 Å². The van der Waals surface area contributed by atoms with E-state index in [0.717, 1.165) is 6.42 Å². The Balaban J connectivity index is 2.20. The lowest BCUT2D eigenvalue weighted by Crippen LogP contribution is -2.31. The molecule has 1 aromatic rings. The molecule has 0 atom stereocenters. The fraction of sp³-hybridized carbons (Fsp3) is 0.273. The van der Waals surface area contributed by atoms with Crippen LogP contribution in [0.4, 0.5) is 0 Å². The van der Waals surface area contributed by atoms with E-state index in [1.807, 2.05) is 6.92 Å². The van der Waals surface area contributed by atoms with Crippen molar-refractivity contribution in [2.24, 2.45) is 0 Å². The van der Waals surface area contributed by atoms with Gasteiger partial charge in [0.1, 0.15) is 11.5 Å². The van der Waals surface area contributed by atoms with Crippen LogP contribution in [0.5, 0.6) is 0 Å². The third-order valence-electron chi connectivity index (χ3n) is 2.24. The van der Waals surface area contributed by atoms with Crippen molar-refractivity contribution in [1.82, 2.24) is 10.2 Å². The van der Waals surface area contributed by atoms with Gasteiger partial charge in [-0.15, -0.1) is 0 Å². The molecule has 0 unspecified atom stereocenters. The molecule has 5 heteroatoms. The molecule has 1 fully saturated rings. The van der Waals surface area contributed by atoms with Crippen molar-refractivity contribution in [2.45, 2.75) is 13.3 Å². The Morgan fingerprint density at radius 1 is 1.62 bits per heavy atom. The second-order valence-corrected chi connectivity index (χ2v) is 3.85. The zero-order chi connectivity index (χ0) is 11.5. The third kappa shape index (κ3) is 1.99. The second-order valence-electron chi connectivity index (χ2n) is 3.46. The fourth-order valence-corrected chi connectivity index (χ4v) is 1.80. The van der Waals surface area contributed by atoms with Gasteiger partial charge in [-0.1, -0.05) is 6.92 Å². The monoisotopic (exact) mass is 236 g/mol. The SMILES string of the molecule is CCCN1C(=O)/C(=C/c2ccco2)NC1=S. The van der Waals surface area contributed by atoms with Crippen LogP contribution in [0.15, 0.2) is 28.5 Å². The van der Waals surface area contributed by atoms with Crippen molar-refractivity contribution in [3.63, 3.8) is 0 Å². The van der Waals surface area contributed by atoms with Gasteiger partial charge in [-0.3, -0.25) is 9.69 Å². The molecule has 0 bridgehead atoms. The summed E-state index contributed by atoms with van der Waals surface area (Å²) in [4.78, 5) is 13.5. The van der Waals surface area contributed by atoms with E-state index in [1.54, 1.807) is 29.4 Å². The minimum absolute atomic E-state index is 0.0942. The smallest absolute Gasteiger partial charge is 0.276 e. The first-order valence-electron chi connectivity index (χ1n) is 5.10. The van der Waals surface area contributed by atoms with Crippen molar-refractivity contribution in [3.05, 3.63) is 29.9 Å². The maximum absolute atomic E-state index is 11.9. The van der Waals surface area contributed by atoms with E-state index in [4.69, 9.17) is 16.6 Å². The Morgan fingerprint density at radius 3 is 3.06 bits per heavy atom. The maximum Gasteiger partial charge on any atom is 0.276 e. The quantitative estimate of drug-likeness (QED) is 0.641. The fourth-order valence-electron chi connectivity index (χ4n) is 1.51. The highest BCUT2D eigenvalue weighted by Crippen LogP contribution is 2.14. The normalized spacial score (nSPS) is 18.3. The van der Waals surface area contributed by atoms with Gasteiger partial charge >= 0.3 is 0 Å². The molecule has 2 heterocycles. The molecule has 0 radical (unpaired) electrons. The summed E-state index contributed by atoms with van der Waals surface area (Å²) >= 11 is 5.08. The number of rotatable bonds is 3. The van der Waals surface area contributed by atoms with Crippen molar-refractivity contribution < 1.29 is 9.21 Å². The predicted molar refractivity (Wildman–Crippen MR) is 64.4 cm³/mol. The molecule has 1 aliphatic heterocycles. The molecule has 0 spiro atoms. The molecule has 1 aromatic heterocycles. The van der Waals surface area contributed by atoms with Gasteiger partial charge in [0.25, 0.3) is 5.91 Å². The summed E-state index contributed by atoms with van der Waals surface area (Å²) in [5, 5.41) is 3.35. The van der Waals surface area contributed by atoms with E-state index in [-0.39, 0.29) is 5.91 Å². The van der Waals surface area contributed by atoms with Crippen molar-refractivity contribution >= 4 is 29.3 Å². The van der Waals surface area contributed by atoms with Crippen LogP contribution in [-0.2, 0) is 4.79 Å². The first kappa shape index (κ1) is 10.9. The van der Waals surface area contributed by atoms with Gasteiger partial charge in [0.05, 0.1) is 6.26 Å². The highest BCUT2D eigenvalue weighted by Gasteiger charge is 2.29. The van der Waals surface area contributed by atoms with Gasteiger partial charge < -0.3 is 9.73 Å². The molecule has 84 valence electrons. The van der Waals surface area contributed by atoms with E-state index in [2.05, 4.69) is 5.32 Å². The second kappa shape index (κ2) is 4.49. The number of nitrogens with zero attached hydrogens (tertiary/aromatic N) is 1. The van der Waals surface area contributed by atoms with Gasteiger partial charge in [0, 0.05) is 12.6 Å². The van der Waals surface area contributed by atoms with Crippen LogP contribution >= 0.6 is 12.2 Å². The lowest BCUT2D eigenvalue weighted by atomic mass is 10.3. The van der Waals surface area contributed by atoms with Crippen LogP contribution in [0, 0.1) is 0 Å². The highest BCUT2D eigenvalue weighted by molar-refractivity contribution is 7.80. The lowest BCUT2D eigenvalue weighted by Gasteiger charge is -2.11. The van der Waals surface area contributed by atoms with E-state index >= 15 is 0 Å². The molecule has 16 heavy (non-hydrogen) atoms. The largest absolute Gasteiger partial charge is 0.465 e. The number of amides is 1. The number of hydrogen-bond donors (Lipinski definition) is 1. The summed E-state index contributed by atoms with van der Waals surface area (Å²) in [7, 11) is 0. The van der Waals surface area contributed by atoms with E-state index in [1.165, 1.54) is 0 Å². The summed E-state index contributed by atoms with van der Waals surface area (Å²) in [6.45, 7) is 2.64. The number of furan rings is 1. The van der Waals surface area contributed by atoms with Gasteiger partial charge in [-0.05, 0) is 30.8 Å². The van der Waals surface area contributed by atoms with Crippen LogP contribution in [0.2, 0.25) is 0 Å². The molecular formula is C11H12N2O2S. The Labute approximate surface area is 98.9 Å². The Morgan fingerprint density at radius 2 is 2.44 bits per heavy atom. The molecule has 0 aromatic carbocycles. The summed E-state index contributed by atoms with van der Waals surface area (Å²) in [6.07, 6.45) is 4.10. The van der Waals surface area contributed by atoms with Crippen LogP contribution in [-0.4, -0.2) is 22.5 Å². The first-order valence-corrected chi connectivity index (χ1v) is 5.51. The summed E-state index contributed by atoms with van der Waals surface area (Å²) in [5.74, 6) is 0.542. The standard InChI is InChI=1S/C11H12N2O2S/c1-2-5-13-10(14)9(12-11(13)16)7-8-4-3-6-15-8/h3-4,6-7H,2,5H2,1H3,(H,12,16)/b9-7-. The molecule has 1 N–H and O–H groups in total. The zero-order valence-corrected chi connectivity index (χ0v) is 9.71. The molecular weight excluding hydrogens is 224 g/mol. The predicted octanol–water partition coefficient (Wildman–Crippen LogP) is 1.75. The van der Waals surface area contributed by atoms with Gasteiger partial charge in [-0.2, -0.15) is 0 Å². The number of carbonyl (C=O) groups excluding carboxylic acids is 1. The lowest BCUT2D eigenvalue weighted by molar-refractivity contribution is -0.122. The maximum atomic E-state index is 11.9. The summed E-state index contributed by atoms with van der Waals surface area (Å²) in [5.41, 5.74) is 0.466. The minimum atomic E-state index is -0.0942.